The van der Waals surface area contributed by atoms with Crippen LogP contribution >= 0.6 is 0 Å². The maximum atomic E-state index is 11.5. The molecule has 2 rings (SSSR count). The number of ether oxygens (including phenoxy) is 2. The Morgan fingerprint density at radius 1 is 0.600 bits per heavy atom. The van der Waals surface area contributed by atoms with E-state index >= 15 is 0 Å². The smallest absolute Gasteiger partial charge is 0.450 e. The van der Waals surface area contributed by atoms with Crippen molar-refractivity contribution in [3.05, 3.63) is 71.8 Å². The van der Waals surface area contributed by atoms with Gasteiger partial charge in [0.05, 0.1) is 13.2 Å². The molecule has 0 aliphatic heterocycles. The highest BCUT2D eigenvalue weighted by molar-refractivity contribution is 5.59. The van der Waals surface area contributed by atoms with Crippen LogP contribution in [0.5, 0.6) is 0 Å². The Bertz CT molecular complexity index is 630. The van der Waals surface area contributed by atoms with Gasteiger partial charge in [0, 0.05) is 0 Å². The molecule has 6 nitrogen and oxygen atoms in total. The summed E-state index contributed by atoms with van der Waals surface area (Å²) in [7, 11) is 0. The van der Waals surface area contributed by atoms with Crippen molar-refractivity contribution in [2.24, 2.45) is 0 Å². The first-order chi connectivity index (χ1) is 14.6. The maximum absolute atomic E-state index is 11.5. The van der Waals surface area contributed by atoms with E-state index in [0.717, 1.165) is 51.4 Å². The van der Waals surface area contributed by atoms with Crippen molar-refractivity contribution in [1.82, 2.24) is 0 Å². The van der Waals surface area contributed by atoms with Gasteiger partial charge in [-0.15, -0.1) is 0 Å². The molecule has 6 heteroatoms. The molecule has 2 N–H and O–H groups in total. The van der Waals surface area contributed by atoms with Gasteiger partial charge < -0.3 is 19.7 Å². The molecule has 0 unspecified atom stereocenters. The van der Waals surface area contributed by atoms with Crippen LogP contribution in [0.1, 0.15) is 49.7 Å². The SMILES string of the molecule is O=C(O)O.O=C(OCCCCCc1ccccc1)OCCCCCc1ccccc1. The monoisotopic (exact) mass is 416 g/mol. The lowest BCUT2D eigenvalue weighted by molar-refractivity contribution is 0.0529. The number of aryl methyl sites for hydroxylation is 2. The molecule has 2 aromatic rings. The van der Waals surface area contributed by atoms with Crippen molar-refractivity contribution < 1.29 is 29.3 Å². The predicted molar refractivity (Wildman–Crippen MR) is 116 cm³/mol. The van der Waals surface area contributed by atoms with Crippen LogP contribution in [0.2, 0.25) is 0 Å². The second-order valence-electron chi connectivity index (χ2n) is 6.82. The number of benzene rings is 2. The summed E-state index contributed by atoms with van der Waals surface area (Å²) in [4.78, 5) is 20.1. The number of hydrogen-bond donors (Lipinski definition) is 2. The number of unbranched alkanes of at least 4 members (excludes halogenated alkanes) is 4. The molecule has 2 aromatic carbocycles. The average Bonchev–Trinajstić information content (AvgIpc) is 2.74. The van der Waals surface area contributed by atoms with E-state index in [1.165, 1.54) is 11.1 Å². The molecule has 0 amide bonds. The number of hydrogen-bond acceptors (Lipinski definition) is 4. The van der Waals surface area contributed by atoms with Crippen LogP contribution in [0.15, 0.2) is 60.7 Å². The molecule has 0 radical (unpaired) electrons. The molecule has 0 aliphatic carbocycles. The van der Waals surface area contributed by atoms with Crippen LogP contribution in [-0.4, -0.2) is 35.7 Å². The van der Waals surface area contributed by atoms with Gasteiger partial charge in [0.15, 0.2) is 0 Å². The largest absolute Gasteiger partial charge is 0.508 e. The molecule has 0 saturated carbocycles. The molecule has 164 valence electrons. The summed E-state index contributed by atoms with van der Waals surface area (Å²) in [5.74, 6) is 0. The van der Waals surface area contributed by atoms with Gasteiger partial charge >= 0.3 is 12.3 Å². The van der Waals surface area contributed by atoms with E-state index in [-0.39, 0.29) is 0 Å². The molecule has 0 atom stereocenters. The summed E-state index contributed by atoms with van der Waals surface area (Å²) in [5.41, 5.74) is 2.72. The van der Waals surface area contributed by atoms with Gasteiger partial charge in [-0.3, -0.25) is 0 Å². The molecule has 0 heterocycles. The van der Waals surface area contributed by atoms with Crippen molar-refractivity contribution in [1.29, 1.82) is 0 Å². The fourth-order valence-corrected chi connectivity index (χ4v) is 2.86. The van der Waals surface area contributed by atoms with Gasteiger partial charge in [0.25, 0.3) is 0 Å². The van der Waals surface area contributed by atoms with Crippen molar-refractivity contribution in [3.8, 4) is 0 Å². The van der Waals surface area contributed by atoms with Gasteiger partial charge in [-0.25, -0.2) is 9.59 Å². The molecule has 30 heavy (non-hydrogen) atoms. The summed E-state index contributed by atoms with van der Waals surface area (Å²) in [6.45, 7) is 0.892. The minimum absolute atomic E-state index is 0.446. The van der Waals surface area contributed by atoms with E-state index in [4.69, 9.17) is 24.5 Å². The summed E-state index contributed by atoms with van der Waals surface area (Å²) in [6, 6.07) is 20.9. The quantitative estimate of drug-likeness (QED) is 0.317. The van der Waals surface area contributed by atoms with Crippen LogP contribution in [0.3, 0.4) is 0 Å². The highest BCUT2D eigenvalue weighted by Gasteiger charge is 2.03. The Balaban J connectivity index is 0.00000103. The molecule has 0 fully saturated rings. The van der Waals surface area contributed by atoms with Crippen LogP contribution in [0.25, 0.3) is 0 Å². The van der Waals surface area contributed by atoms with Crippen LogP contribution < -0.4 is 0 Å². The Kier molecular flexibility index (Phi) is 14.1. The number of carboxylic acid groups (broad SMARTS) is 2. The zero-order valence-corrected chi connectivity index (χ0v) is 17.4. The summed E-state index contributed by atoms with van der Waals surface area (Å²) in [6.07, 6.45) is 5.91. The fraction of sp³-hybridized carbons (Fsp3) is 0.417. The first kappa shape index (κ1) is 25.0. The van der Waals surface area contributed by atoms with Gasteiger partial charge in [-0.2, -0.15) is 0 Å². The summed E-state index contributed by atoms with van der Waals surface area (Å²) < 4.78 is 10.2. The number of carbonyl (C=O) groups excluding carboxylic acids is 1. The molecule has 0 aromatic heterocycles. The topological polar surface area (TPSA) is 93.1 Å². The third kappa shape index (κ3) is 15.0. The number of rotatable bonds is 12. The lowest BCUT2D eigenvalue weighted by Gasteiger charge is -2.06. The first-order valence-corrected chi connectivity index (χ1v) is 10.4. The van der Waals surface area contributed by atoms with E-state index < -0.39 is 12.3 Å². The highest BCUT2D eigenvalue weighted by atomic mass is 16.7. The normalized spacial score (nSPS) is 9.87. The lowest BCUT2D eigenvalue weighted by Crippen LogP contribution is -2.09. The van der Waals surface area contributed by atoms with Crippen LogP contribution in [0.4, 0.5) is 9.59 Å². The van der Waals surface area contributed by atoms with Gasteiger partial charge in [0.1, 0.15) is 0 Å². The van der Waals surface area contributed by atoms with Crippen molar-refractivity contribution >= 4 is 12.3 Å². The van der Waals surface area contributed by atoms with Crippen molar-refractivity contribution in [2.45, 2.75) is 51.4 Å². The fourth-order valence-electron chi connectivity index (χ4n) is 2.86. The molecular weight excluding hydrogens is 384 g/mol. The van der Waals surface area contributed by atoms with Gasteiger partial charge in [-0.05, 0) is 62.5 Å². The third-order valence-corrected chi connectivity index (χ3v) is 4.35. The Morgan fingerprint density at radius 3 is 1.33 bits per heavy atom. The van der Waals surface area contributed by atoms with Crippen molar-refractivity contribution in [3.63, 3.8) is 0 Å². The van der Waals surface area contributed by atoms with E-state index in [1.54, 1.807) is 0 Å². The lowest BCUT2D eigenvalue weighted by atomic mass is 10.1. The summed E-state index contributed by atoms with van der Waals surface area (Å²) in [5, 5.41) is 13.9. The maximum Gasteiger partial charge on any atom is 0.508 e. The first-order valence-electron chi connectivity index (χ1n) is 10.4. The van der Waals surface area contributed by atoms with Crippen LogP contribution in [-0.2, 0) is 22.3 Å². The zero-order valence-electron chi connectivity index (χ0n) is 17.4. The third-order valence-electron chi connectivity index (χ3n) is 4.35. The van der Waals surface area contributed by atoms with E-state index in [2.05, 4.69) is 48.5 Å². The molecule has 0 saturated heterocycles. The van der Waals surface area contributed by atoms with Gasteiger partial charge in [0.2, 0.25) is 0 Å². The summed E-state index contributed by atoms with van der Waals surface area (Å²) >= 11 is 0. The number of carbonyl (C=O) groups is 2. The second kappa shape index (κ2) is 16.9. The Hall–Kier alpha value is -3.02. The Labute approximate surface area is 178 Å². The second-order valence-corrected chi connectivity index (χ2v) is 6.82. The molecule has 0 aliphatic rings. The van der Waals surface area contributed by atoms with Crippen LogP contribution in [0, 0.1) is 0 Å². The minimum atomic E-state index is -1.83. The Morgan fingerprint density at radius 2 is 0.967 bits per heavy atom. The van der Waals surface area contributed by atoms with E-state index in [0.29, 0.717) is 13.2 Å². The predicted octanol–water partition coefficient (Wildman–Crippen LogP) is 6.19. The standard InChI is InChI=1S/C23H30O3.CH2O3/c24-23(25-19-11-3-9-17-21-13-5-1-6-14-21)26-20-12-4-10-18-22-15-7-2-8-16-22;2-1(3)4/h1-2,5-8,13-16H,3-4,9-12,17-20H2;(H2,2,3,4). The van der Waals surface area contributed by atoms with Crippen molar-refractivity contribution in [2.75, 3.05) is 13.2 Å². The molecular formula is C24H32O6. The zero-order chi connectivity index (χ0) is 21.9. The highest BCUT2D eigenvalue weighted by Crippen LogP contribution is 2.08. The van der Waals surface area contributed by atoms with E-state index in [9.17, 15) is 4.79 Å². The van der Waals surface area contributed by atoms with Gasteiger partial charge in [-0.1, -0.05) is 60.7 Å². The average molecular weight is 417 g/mol. The molecule has 0 bridgehead atoms. The van der Waals surface area contributed by atoms with E-state index in [1.807, 2.05) is 12.1 Å². The minimum Gasteiger partial charge on any atom is -0.450 e. The molecule has 0 spiro atoms.